The Morgan fingerprint density at radius 1 is 1.00 bits per heavy atom. The van der Waals surface area contributed by atoms with Gasteiger partial charge in [0.05, 0.1) is 12.2 Å². The molecule has 246 valence electrons. The van der Waals surface area contributed by atoms with Gasteiger partial charge < -0.3 is 14.0 Å². The molecule has 45 heavy (non-hydrogen) atoms. The summed E-state index contributed by atoms with van der Waals surface area (Å²) in [6.45, 7) is 5.47. The topological polar surface area (TPSA) is 80.9 Å². The van der Waals surface area contributed by atoms with E-state index in [0.29, 0.717) is 35.0 Å². The average molecular weight is 630 g/mol. The van der Waals surface area contributed by atoms with Crippen LogP contribution in [0.5, 0.6) is 5.88 Å². The van der Waals surface area contributed by atoms with Crippen molar-refractivity contribution in [1.29, 1.82) is 0 Å². The summed E-state index contributed by atoms with van der Waals surface area (Å²) in [5.41, 5.74) is -0.310. The Morgan fingerprint density at radius 3 is 2.51 bits per heavy atom. The summed E-state index contributed by atoms with van der Waals surface area (Å²) in [6, 6.07) is 3.17. The van der Waals surface area contributed by atoms with Crippen molar-refractivity contribution in [2.24, 2.45) is 29.4 Å². The standard InChI is InChI=1S/C33H46F3N7O2/c1-41-29(19-45-30-17-26(12-14-37-30)33(34,35)36)39-40-31(41)24-6-4-23(5-7-24)25-3-2-15-43(38-18-25)28-10-8-27(9-11-28)42-20-32(21-42)13-16-44-22-32/h12,14,17-18,23-25,27-28H,2-11,13,15-16,19-22H2,1H3. The van der Waals surface area contributed by atoms with E-state index in [9.17, 15) is 13.2 Å². The lowest BCUT2D eigenvalue weighted by Gasteiger charge is -2.52. The first kappa shape index (κ1) is 30.9. The molecule has 1 atom stereocenters. The molecule has 12 heteroatoms. The molecule has 0 amide bonds. The fraction of sp³-hybridized carbons (Fsp3) is 0.758. The molecule has 2 saturated heterocycles. The Balaban J connectivity index is 0.868. The number of likely N-dealkylation sites (tertiary alicyclic amines) is 1. The van der Waals surface area contributed by atoms with Gasteiger partial charge in [-0.1, -0.05) is 0 Å². The quantitative estimate of drug-likeness (QED) is 0.382. The molecule has 2 aromatic heterocycles. The van der Waals surface area contributed by atoms with E-state index in [1.54, 1.807) is 0 Å². The second-order valence-electron chi connectivity index (χ2n) is 14.2. The summed E-state index contributed by atoms with van der Waals surface area (Å²) in [6.07, 6.45) is 12.1. The van der Waals surface area contributed by atoms with Crippen molar-refractivity contribution >= 4 is 6.21 Å². The van der Waals surface area contributed by atoms with E-state index in [4.69, 9.17) is 14.6 Å². The number of nitrogens with zero attached hydrogens (tertiary/aromatic N) is 7. The van der Waals surface area contributed by atoms with Gasteiger partial charge in [0.2, 0.25) is 5.88 Å². The number of rotatable bonds is 7. The Hall–Kier alpha value is -2.73. The van der Waals surface area contributed by atoms with Crippen LogP contribution < -0.4 is 4.74 Å². The molecular weight excluding hydrogens is 583 g/mol. The normalized spacial score (nSPS) is 30.8. The lowest BCUT2D eigenvalue weighted by Crippen LogP contribution is -2.61. The highest BCUT2D eigenvalue weighted by Gasteiger charge is 2.48. The minimum Gasteiger partial charge on any atom is -0.469 e. The van der Waals surface area contributed by atoms with Crippen LogP contribution >= 0.6 is 0 Å². The molecule has 5 heterocycles. The van der Waals surface area contributed by atoms with E-state index in [2.05, 4.69) is 31.3 Å². The number of halogens is 3. The third-order valence-electron chi connectivity index (χ3n) is 11.3. The van der Waals surface area contributed by atoms with Gasteiger partial charge in [-0.05, 0) is 88.5 Å². The molecule has 1 spiro atoms. The van der Waals surface area contributed by atoms with Crippen LogP contribution in [0, 0.1) is 17.3 Å². The number of hydrogen-bond acceptors (Lipinski definition) is 8. The Bertz CT molecular complexity index is 1320. The molecule has 4 fully saturated rings. The number of hydrogen-bond donors (Lipinski definition) is 0. The zero-order chi connectivity index (χ0) is 31.0. The SMILES string of the molecule is Cn1c(COc2cc(C(F)(F)F)ccn2)nnc1C1CCC(C2C=NN(C3CCC(N4CC5(CCOC5)C4)CC3)CCC2)CC1. The molecule has 1 unspecified atom stereocenters. The fourth-order valence-electron chi connectivity index (χ4n) is 8.59. The van der Waals surface area contributed by atoms with Crippen molar-refractivity contribution < 1.29 is 22.6 Å². The lowest BCUT2D eigenvalue weighted by atomic mass is 9.74. The molecule has 3 aliphatic heterocycles. The highest BCUT2D eigenvalue weighted by molar-refractivity contribution is 5.61. The molecular formula is C33H46F3N7O2. The van der Waals surface area contributed by atoms with Gasteiger partial charge in [0.15, 0.2) is 5.82 Å². The van der Waals surface area contributed by atoms with Gasteiger partial charge in [0, 0.05) is 75.2 Å². The third-order valence-corrected chi connectivity index (χ3v) is 11.3. The average Bonchev–Trinajstić information content (AvgIpc) is 3.59. The van der Waals surface area contributed by atoms with Gasteiger partial charge in [-0.2, -0.15) is 18.3 Å². The number of hydrazone groups is 1. The summed E-state index contributed by atoms with van der Waals surface area (Å²) in [5, 5.41) is 16.3. The van der Waals surface area contributed by atoms with Crippen LogP contribution in [-0.4, -0.2) is 80.8 Å². The van der Waals surface area contributed by atoms with Gasteiger partial charge in [-0.15, -0.1) is 10.2 Å². The Labute approximate surface area is 263 Å². The summed E-state index contributed by atoms with van der Waals surface area (Å²) < 4.78 is 52.2. The molecule has 0 bridgehead atoms. The minimum atomic E-state index is -4.44. The van der Waals surface area contributed by atoms with Crippen LogP contribution in [0.25, 0.3) is 0 Å². The van der Waals surface area contributed by atoms with Crippen molar-refractivity contribution in [1.82, 2.24) is 29.7 Å². The maximum atomic E-state index is 13.0. The first-order valence-corrected chi connectivity index (χ1v) is 16.9. The van der Waals surface area contributed by atoms with Crippen LogP contribution in [0.15, 0.2) is 23.4 Å². The van der Waals surface area contributed by atoms with Gasteiger partial charge in [0.1, 0.15) is 12.4 Å². The molecule has 2 aromatic rings. The van der Waals surface area contributed by atoms with Crippen LogP contribution in [-0.2, 0) is 24.6 Å². The van der Waals surface area contributed by atoms with Crippen LogP contribution in [0.1, 0.15) is 93.8 Å². The molecule has 0 radical (unpaired) electrons. The predicted octanol–water partition coefficient (Wildman–Crippen LogP) is 5.81. The summed E-state index contributed by atoms with van der Waals surface area (Å²) in [5.74, 6) is 2.91. The van der Waals surface area contributed by atoms with Crippen molar-refractivity contribution in [3.63, 3.8) is 0 Å². The zero-order valence-electron chi connectivity index (χ0n) is 26.3. The van der Waals surface area contributed by atoms with Gasteiger partial charge in [-0.25, -0.2) is 4.98 Å². The predicted molar refractivity (Wildman–Crippen MR) is 163 cm³/mol. The lowest BCUT2D eigenvalue weighted by molar-refractivity contribution is -0.137. The summed E-state index contributed by atoms with van der Waals surface area (Å²) >= 11 is 0. The molecule has 0 N–H and O–H groups in total. The Morgan fingerprint density at radius 2 is 1.78 bits per heavy atom. The zero-order valence-corrected chi connectivity index (χ0v) is 26.3. The van der Waals surface area contributed by atoms with E-state index < -0.39 is 11.7 Å². The van der Waals surface area contributed by atoms with E-state index in [0.717, 1.165) is 75.6 Å². The second kappa shape index (κ2) is 12.8. The molecule has 9 nitrogen and oxygen atoms in total. The monoisotopic (exact) mass is 629 g/mol. The Kier molecular flexibility index (Phi) is 8.80. The van der Waals surface area contributed by atoms with Crippen molar-refractivity contribution in [3.05, 3.63) is 35.5 Å². The number of alkyl halides is 3. The van der Waals surface area contributed by atoms with Gasteiger partial charge in [-0.3, -0.25) is 9.91 Å². The van der Waals surface area contributed by atoms with Crippen LogP contribution in [0.2, 0.25) is 0 Å². The van der Waals surface area contributed by atoms with E-state index in [1.165, 1.54) is 58.0 Å². The second-order valence-corrected chi connectivity index (χ2v) is 14.2. The number of pyridine rings is 1. The van der Waals surface area contributed by atoms with E-state index in [-0.39, 0.29) is 12.5 Å². The molecule has 0 aromatic carbocycles. The number of ether oxygens (including phenoxy) is 2. The summed E-state index contributed by atoms with van der Waals surface area (Å²) in [4.78, 5) is 6.63. The highest BCUT2D eigenvalue weighted by Crippen LogP contribution is 2.43. The van der Waals surface area contributed by atoms with Crippen LogP contribution in [0.3, 0.4) is 0 Å². The smallest absolute Gasteiger partial charge is 0.416 e. The van der Waals surface area contributed by atoms with Crippen LogP contribution in [0.4, 0.5) is 13.2 Å². The van der Waals surface area contributed by atoms with E-state index in [1.807, 2.05) is 11.6 Å². The first-order valence-electron chi connectivity index (χ1n) is 16.9. The molecule has 2 saturated carbocycles. The minimum absolute atomic E-state index is 0.0121. The highest BCUT2D eigenvalue weighted by atomic mass is 19.4. The van der Waals surface area contributed by atoms with Gasteiger partial charge in [0.25, 0.3) is 0 Å². The molecule has 7 rings (SSSR count). The fourth-order valence-corrected chi connectivity index (χ4v) is 8.59. The number of aromatic nitrogens is 4. The van der Waals surface area contributed by atoms with E-state index >= 15 is 0 Å². The maximum absolute atomic E-state index is 13.0. The van der Waals surface area contributed by atoms with Gasteiger partial charge >= 0.3 is 6.18 Å². The molecule has 5 aliphatic rings. The van der Waals surface area contributed by atoms with Crippen molar-refractivity contribution in [3.8, 4) is 5.88 Å². The maximum Gasteiger partial charge on any atom is 0.416 e. The summed E-state index contributed by atoms with van der Waals surface area (Å²) in [7, 11) is 1.91. The van der Waals surface area contributed by atoms with Crippen molar-refractivity contribution in [2.75, 3.05) is 32.8 Å². The third kappa shape index (κ3) is 6.73. The first-order chi connectivity index (χ1) is 21.8. The molecule has 2 aliphatic carbocycles. The largest absolute Gasteiger partial charge is 0.469 e. The van der Waals surface area contributed by atoms with Crippen molar-refractivity contribution in [2.45, 2.75) is 101 Å².